The zero-order chi connectivity index (χ0) is 16.8. The average molecular weight is 357 g/mol. The average Bonchev–Trinajstić information content (AvgIpc) is 2.54. The van der Waals surface area contributed by atoms with Crippen molar-refractivity contribution in [2.75, 3.05) is 20.3 Å². The van der Waals surface area contributed by atoms with Gasteiger partial charge in [-0.05, 0) is 30.3 Å². The number of halogens is 2. The predicted molar refractivity (Wildman–Crippen MR) is 87.4 cm³/mol. The molecule has 0 aliphatic heterocycles. The van der Waals surface area contributed by atoms with Gasteiger partial charge in [0, 0.05) is 11.1 Å². The summed E-state index contributed by atoms with van der Waals surface area (Å²) in [5.74, 6) is 0.203. The third kappa shape index (κ3) is 4.68. The number of carbonyl (C=O) groups is 1. The largest absolute Gasteiger partial charge is 0.493 e. The van der Waals surface area contributed by atoms with Gasteiger partial charge in [0.15, 0.2) is 11.5 Å². The maximum absolute atomic E-state index is 10.9. The van der Waals surface area contributed by atoms with Crippen molar-refractivity contribution in [3.05, 3.63) is 52.0 Å². The number of carboxylic acid groups (broad SMARTS) is 1. The van der Waals surface area contributed by atoms with Crippen molar-refractivity contribution in [1.82, 2.24) is 0 Å². The lowest BCUT2D eigenvalue weighted by molar-refractivity contribution is 0.0696. The molecule has 0 amide bonds. The molecule has 2 aromatic carbocycles. The van der Waals surface area contributed by atoms with Crippen LogP contribution in [0.1, 0.15) is 10.4 Å². The molecule has 0 bridgehead atoms. The number of carboxylic acids is 1. The molecule has 1 N–H and O–H groups in total. The Kier molecular flexibility index (Phi) is 5.96. The number of hydrogen-bond acceptors (Lipinski definition) is 4. The molecule has 0 aliphatic rings. The summed E-state index contributed by atoms with van der Waals surface area (Å²) in [5.41, 5.74) is 0.121. The smallest absolute Gasteiger partial charge is 0.335 e. The summed E-state index contributed by atoms with van der Waals surface area (Å²) in [5, 5.41) is 9.93. The maximum atomic E-state index is 10.9. The quantitative estimate of drug-likeness (QED) is 0.754. The van der Waals surface area contributed by atoms with E-state index in [-0.39, 0.29) is 18.8 Å². The molecule has 0 aromatic heterocycles. The highest BCUT2D eigenvalue weighted by Gasteiger charge is 2.10. The van der Waals surface area contributed by atoms with Crippen LogP contribution in [0.2, 0.25) is 10.0 Å². The number of hydrogen-bond donors (Lipinski definition) is 1. The molecule has 0 saturated carbocycles. The lowest BCUT2D eigenvalue weighted by Crippen LogP contribution is -2.10. The summed E-state index contributed by atoms with van der Waals surface area (Å²) >= 11 is 11.9. The summed E-state index contributed by atoms with van der Waals surface area (Å²) in [7, 11) is 1.44. The molecule has 0 spiro atoms. The van der Waals surface area contributed by atoms with Gasteiger partial charge in [-0.1, -0.05) is 23.2 Å². The lowest BCUT2D eigenvalue weighted by Gasteiger charge is -2.12. The Morgan fingerprint density at radius 1 is 1.00 bits per heavy atom. The molecule has 7 heteroatoms. The van der Waals surface area contributed by atoms with Crippen LogP contribution in [0, 0.1) is 0 Å². The van der Waals surface area contributed by atoms with E-state index in [0.717, 1.165) is 0 Å². The number of aromatic carboxylic acids is 1. The van der Waals surface area contributed by atoms with Gasteiger partial charge in [-0.15, -0.1) is 0 Å². The second-order valence-corrected chi connectivity index (χ2v) is 5.29. The molecule has 0 fully saturated rings. The maximum Gasteiger partial charge on any atom is 0.335 e. The number of benzene rings is 2. The Bertz CT molecular complexity index is 703. The summed E-state index contributed by atoms with van der Waals surface area (Å²) in [6.07, 6.45) is 0. The Morgan fingerprint density at radius 2 is 1.70 bits per heavy atom. The van der Waals surface area contributed by atoms with E-state index in [2.05, 4.69) is 0 Å². The number of rotatable bonds is 7. The van der Waals surface area contributed by atoms with Crippen LogP contribution in [-0.2, 0) is 0 Å². The second-order valence-electron chi connectivity index (χ2n) is 4.44. The number of methoxy groups -OCH3 is 1. The standard InChI is InChI=1S/C16H14Cl2O5/c1-21-15-8-10(16(19)20)2-5-13(15)22-6-7-23-14-9-11(17)3-4-12(14)18/h2-5,8-9H,6-7H2,1H3,(H,19,20). The van der Waals surface area contributed by atoms with Crippen molar-refractivity contribution in [2.24, 2.45) is 0 Å². The van der Waals surface area contributed by atoms with Crippen molar-refractivity contribution < 1.29 is 24.1 Å². The molecule has 2 rings (SSSR count). The highest BCUT2D eigenvalue weighted by atomic mass is 35.5. The normalized spacial score (nSPS) is 10.2. The van der Waals surface area contributed by atoms with E-state index in [1.165, 1.54) is 25.3 Å². The first kappa shape index (κ1) is 17.2. The molecule has 0 radical (unpaired) electrons. The summed E-state index contributed by atoms with van der Waals surface area (Å²) in [6, 6.07) is 9.30. The first-order valence-corrected chi connectivity index (χ1v) is 7.39. The molecule has 0 atom stereocenters. The second kappa shape index (κ2) is 7.94. The molecular formula is C16H14Cl2O5. The fraction of sp³-hybridized carbons (Fsp3) is 0.188. The van der Waals surface area contributed by atoms with Crippen LogP contribution < -0.4 is 14.2 Å². The monoisotopic (exact) mass is 356 g/mol. The van der Waals surface area contributed by atoms with Gasteiger partial charge in [0.1, 0.15) is 19.0 Å². The topological polar surface area (TPSA) is 65.0 Å². The van der Waals surface area contributed by atoms with E-state index in [9.17, 15) is 4.79 Å². The molecular weight excluding hydrogens is 343 g/mol. The highest BCUT2D eigenvalue weighted by Crippen LogP contribution is 2.29. The summed E-state index contributed by atoms with van der Waals surface area (Å²) < 4.78 is 16.2. The van der Waals surface area contributed by atoms with Crippen LogP contribution >= 0.6 is 23.2 Å². The van der Waals surface area contributed by atoms with E-state index in [1.807, 2.05) is 0 Å². The highest BCUT2D eigenvalue weighted by molar-refractivity contribution is 6.34. The molecule has 0 heterocycles. The van der Waals surface area contributed by atoms with Crippen LogP contribution in [0.25, 0.3) is 0 Å². The van der Waals surface area contributed by atoms with Gasteiger partial charge in [0.2, 0.25) is 0 Å². The minimum atomic E-state index is -1.03. The van der Waals surface area contributed by atoms with Crippen molar-refractivity contribution >= 4 is 29.2 Å². The van der Waals surface area contributed by atoms with Crippen LogP contribution in [0.5, 0.6) is 17.2 Å². The third-order valence-electron chi connectivity index (χ3n) is 2.90. The van der Waals surface area contributed by atoms with Gasteiger partial charge in [-0.2, -0.15) is 0 Å². The van der Waals surface area contributed by atoms with E-state index in [1.54, 1.807) is 18.2 Å². The summed E-state index contributed by atoms with van der Waals surface area (Å²) in [6.45, 7) is 0.468. The van der Waals surface area contributed by atoms with E-state index >= 15 is 0 Å². The molecule has 23 heavy (non-hydrogen) atoms. The van der Waals surface area contributed by atoms with E-state index < -0.39 is 5.97 Å². The fourth-order valence-electron chi connectivity index (χ4n) is 1.81. The van der Waals surface area contributed by atoms with Crippen molar-refractivity contribution in [3.8, 4) is 17.2 Å². The zero-order valence-corrected chi connectivity index (χ0v) is 13.7. The SMILES string of the molecule is COc1cc(C(=O)O)ccc1OCCOc1cc(Cl)ccc1Cl. The Morgan fingerprint density at radius 3 is 2.35 bits per heavy atom. The van der Waals surface area contributed by atoms with Crippen molar-refractivity contribution in [2.45, 2.75) is 0 Å². The van der Waals surface area contributed by atoms with Crippen LogP contribution in [0.3, 0.4) is 0 Å². The first-order valence-electron chi connectivity index (χ1n) is 6.63. The number of ether oxygens (including phenoxy) is 3. The third-order valence-corrected chi connectivity index (χ3v) is 3.45. The lowest BCUT2D eigenvalue weighted by atomic mass is 10.2. The Balaban J connectivity index is 1.93. The van der Waals surface area contributed by atoms with Crippen LogP contribution in [0.4, 0.5) is 0 Å². The van der Waals surface area contributed by atoms with Crippen LogP contribution in [0.15, 0.2) is 36.4 Å². The molecule has 5 nitrogen and oxygen atoms in total. The van der Waals surface area contributed by atoms with Crippen molar-refractivity contribution in [3.63, 3.8) is 0 Å². The van der Waals surface area contributed by atoms with Crippen LogP contribution in [-0.4, -0.2) is 31.4 Å². The summed E-state index contributed by atoms with van der Waals surface area (Å²) in [4.78, 5) is 10.9. The molecule has 2 aromatic rings. The molecule has 0 aliphatic carbocycles. The van der Waals surface area contributed by atoms with Gasteiger partial charge in [0.25, 0.3) is 0 Å². The van der Waals surface area contributed by atoms with Gasteiger partial charge in [-0.25, -0.2) is 4.79 Å². The first-order chi connectivity index (χ1) is 11.0. The van der Waals surface area contributed by atoms with E-state index in [4.69, 9.17) is 42.5 Å². The molecule has 122 valence electrons. The van der Waals surface area contributed by atoms with Crippen molar-refractivity contribution in [1.29, 1.82) is 0 Å². The molecule has 0 saturated heterocycles. The fourth-order valence-corrected chi connectivity index (χ4v) is 2.15. The Labute approximate surface area is 143 Å². The Hall–Kier alpha value is -2.11. The minimum absolute atomic E-state index is 0.121. The van der Waals surface area contributed by atoms with Gasteiger partial charge in [-0.3, -0.25) is 0 Å². The van der Waals surface area contributed by atoms with Gasteiger partial charge in [0.05, 0.1) is 17.7 Å². The van der Waals surface area contributed by atoms with Gasteiger partial charge >= 0.3 is 5.97 Å². The van der Waals surface area contributed by atoms with E-state index in [0.29, 0.717) is 27.3 Å². The molecule has 0 unspecified atom stereocenters. The van der Waals surface area contributed by atoms with Gasteiger partial charge < -0.3 is 19.3 Å². The predicted octanol–water partition coefficient (Wildman–Crippen LogP) is 4.16. The minimum Gasteiger partial charge on any atom is -0.493 e. The zero-order valence-electron chi connectivity index (χ0n) is 12.2.